The van der Waals surface area contributed by atoms with Gasteiger partial charge in [0.2, 0.25) is 0 Å². The molecule has 2 aromatic rings. The van der Waals surface area contributed by atoms with Gasteiger partial charge in [0.15, 0.2) is 5.60 Å². The summed E-state index contributed by atoms with van der Waals surface area (Å²) in [5, 5.41) is 10.8. The molecule has 1 unspecified atom stereocenters. The number of nitrogens with zero attached hydrogens (tertiary/aromatic N) is 1. The molecule has 0 aliphatic carbocycles. The highest BCUT2D eigenvalue weighted by molar-refractivity contribution is 6.07. The van der Waals surface area contributed by atoms with Crippen LogP contribution in [0.2, 0.25) is 0 Å². The number of likely N-dealkylation sites (tertiary alicyclic amines) is 1. The molecule has 1 saturated heterocycles. The molecule has 0 bridgehead atoms. The van der Waals surface area contributed by atoms with Gasteiger partial charge in [-0.2, -0.15) is 0 Å². The number of carbonyl (C=O) groups excluding carboxylic acids is 2. The van der Waals surface area contributed by atoms with E-state index in [1.54, 1.807) is 13.0 Å². The van der Waals surface area contributed by atoms with Crippen molar-refractivity contribution in [3.05, 3.63) is 35.6 Å². The van der Waals surface area contributed by atoms with Crippen molar-refractivity contribution in [2.24, 2.45) is 5.73 Å². The lowest BCUT2D eigenvalue weighted by Crippen LogP contribution is -2.46. The number of fused-ring (bicyclic) bond motifs is 1. The lowest BCUT2D eigenvalue weighted by atomic mass is 10.0. The van der Waals surface area contributed by atoms with E-state index < -0.39 is 11.5 Å². The molecular weight excluding hydrogens is 272 g/mol. The van der Waals surface area contributed by atoms with Crippen LogP contribution in [0.5, 0.6) is 0 Å². The van der Waals surface area contributed by atoms with Crippen LogP contribution >= 0.6 is 0 Å². The van der Waals surface area contributed by atoms with Crippen LogP contribution in [-0.4, -0.2) is 40.5 Å². The number of hydrogen-bond donors (Lipinski definition) is 2. The summed E-state index contributed by atoms with van der Waals surface area (Å²) in [6.45, 7) is 1.93. The van der Waals surface area contributed by atoms with E-state index in [0.717, 1.165) is 5.39 Å². The van der Waals surface area contributed by atoms with Crippen LogP contribution in [0.15, 0.2) is 28.7 Å². The molecule has 3 N–H and O–H groups in total. The molecule has 1 fully saturated rings. The van der Waals surface area contributed by atoms with Crippen molar-refractivity contribution in [2.75, 3.05) is 13.1 Å². The fourth-order valence-corrected chi connectivity index (χ4v) is 2.76. The first-order valence-electron chi connectivity index (χ1n) is 6.72. The van der Waals surface area contributed by atoms with Crippen molar-refractivity contribution in [3.63, 3.8) is 0 Å². The fourth-order valence-electron chi connectivity index (χ4n) is 2.76. The largest absolute Gasteiger partial charge is 0.461 e. The average molecular weight is 288 g/mol. The van der Waals surface area contributed by atoms with E-state index >= 15 is 0 Å². The highest BCUT2D eigenvalue weighted by atomic mass is 16.3. The van der Waals surface area contributed by atoms with Gasteiger partial charge in [-0.05, 0) is 13.0 Å². The number of aliphatic hydroxyl groups is 1. The van der Waals surface area contributed by atoms with Crippen molar-refractivity contribution in [2.45, 2.75) is 18.9 Å². The maximum absolute atomic E-state index is 12.7. The molecule has 0 spiro atoms. The minimum Gasteiger partial charge on any atom is -0.461 e. The van der Waals surface area contributed by atoms with Crippen LogP contribution < -0.4 is 5.73 Å². The lowest BCUT2D eigenvalue weighted by Gasteiger charge is -2.20. The molecule has 1 atom stereocenters. The summed E-state index contributed by atoms with van der Waals surface area (Å²) in [4.78, 5) is 25.4. The van der Waals surface area contributed by atoms with Gasteiger partial charge in [0.25, 0.3) is 11.8 Å². The van der Waals surface area contributed by atoms with E-state index in [0.29, 0.717) is 16.9 Å². The Kier molecular flexibility index (Phi) is 2.98. The molecule has 6 heteroatoms. The second-order valence-electron chi connectivity index (χ2n) is 5.40. The maximum atomic E-state index is 12.7. The second-order valence-corrected chi connectivity index (χ2v) is 5.40. The minimum atomic E-state index is -1.64. The summed E-state index contributed by atoms with van der Waals surface area (Å²) in [5.41, 5.74) is 4.67. The summed E-state index contributed by atoms with van der Waals surface area (Å²) in [6.07, 6.45) is 0.156. The SMILES string of the molecule is Cc1oc2ccccc2c1C(=O)N1CCC(O)(C(N)=O)C1. The molecule has 0 radical (unpaired) electrons. The number of primary amides is 1. The Morgan fingerprint density at radius 1 is 1.38 bits per heavy atom. The predicted octanol–water partition coefficient (Wildman–Crippen LogP) is 0.804. The first-order valence-corrected chi connectivity index (χ1v) is 6.72. The zero-order valence-electron chi connectivity index (χ0n) is 11.6. The number of furan rings is 1. The zero-order valence-corrected chi connectivity index (χ0v) is 11.6. The molecule has 1 aliphatic rings. The number of aryl methyl sites for hydroxylation is 1. The number of amides is 2. The predicted molar refractivity (Wildman–Crippen MR) is 75.6 cm³/mol. The third-order valence-electron chi connectivity index (χ3n) is 3.98. The van der Waals surface area contributed by atoms with Gasteiger partial charge < -0.3 is 20.2 Å². The first-order chi connectivity index (χ1) is 9.92. The van der Waals surface area contributed by atoms with Crippen LogP contribution in [0.3, 0.4) is 0 Å². The van der Waals surface area contributed by atoms with Gasteiger partial charge in [0.05, 0.1) is 12.1 Å². The topological polar surface area (TPSA) is 96.8 Å². The summed E-state index contributed by atoms with van der Waals surface area (Å²) in [5.74, 6) is -0.531. The quantitative estimate of drug-likeness (QED) is 0.854. The zero-order chi connectivity index (χ0) is 15.2. The van der Waals surface area contributed by atoms with E-state index in [1.807, 2.05) is 18.2 Å². The average Bonchev–Trinajstić information content (AvgIpc) is 2.99. The number of hydrogen-bond acceptors (Lipinski definition) is 4. The third kappa shape index (κ3) is 2.08. The summed E-state index contributed by atoms with van der Waals surface area (Å²) in [7, 11) is 0. The molecule has 110 valence electrons. The molecule has 0 saturated carbocycles. The number of carbonyl (C=O) groups is 2. The normalized spacial score (nSPS) is 21.9. The van der Waals surface area contributed by atoms with Gasteiger partial charge in [-0.3, -0.25) is 9.59 Å². The first kappa shape index (κ1) is 13.6. The Morgan fingerprint density at radius 2 is 2.10 bits per heavy atom. The highest BCUT2D eigenvalue weighted by Gasteiger charge is 2.43. The smallest absolute Gasteiger partial charge is 0.258 e. The van der Waals surface area contributed by atoms with Crippen LogP contribution in [0, 0.1) is 6.92 Å². The van der Waals surface area contributed by atoms with Crippen molar-refractivity contribution in [1.82, 2.24) is 4.90 Å². The Balaban J connectivity index is 1.95. The van der Waals surface area contributed by atoms with E-state index in [4.69, 9.17) is 10.2 Å². The van der Waals surface area contributed by atoms with Gasteiger partial charge in [-0.25, -0.2) is 0 Å². The molecule has 2 amide bonds. The van der Waals surface area contributed by atoms with Crippen molar-refractivity contribution in [1.29, 1.82) is 0 Å². The van der Waals surface area contributed by atoms with Crippen LogP contribution in [0.1, 0.15) is 22.5 Å². The van der Waals surface area contributed by atoms with E-state index in [-0.39, 0.29) is 25.4 Å². The van der Waals surface area contributed by atoms with E-state index in [1.165, 1.54) is 4.90 Å². The number of nitrogens with two attached hydrogens (primary N) is 1. The summed E-state index contributed by atoms with van der Waals surface area (Å²) < 4.78 is 5.58. The maximum Gasteiger partial charge on any atom is 0.258 e. The van der Waals surface area contributed by atoms with Crippen LogP contribution in [0.4, 0.5) is 0 Å². The number of rotatable bonds is 2. The van der Waals surface area contributed by atoms with E-state index in [9.17, 15) is 14.7 Å². The molecule has 1 aliphatic heterocycles. The minimum absolute atomic E-state index is 0.0832. The molecule has 21 heavy (non-hydrogen) atoms. The lowest BCUT2D eigenvalue weighted by molar-refractivity contribution is -0.134. The number of para-hydroxylation sites is 1. The Morgan fingerprint density at radius 3 is 2.76 bits per heavy atom. The molecule has 6 nitrogen and oxygen atoms in total. The third-order valence-corrected chi connectivity index (χ3v) is 3.98. The Hall–Kier alpha value is -2.34. The summed E-state index contributed by atoms with van der Waals surface area (Å²) >= 11 is 0. The molecule has 1 aromatic heterocycles. The van der Waals surface area contributed by atoms with Crippen molar-refractivity contribution in [3.8, 4) is 0 Å². The van der Waals surface area contributed by atoms with Crippen molar-refractivity contribution >= 4 is 22.8 Å². The van der Waals surface area contributed by atoms with Gasteiger partial charge >= 0.3 is 0 Å². The molecular formula is C15H16N2O4. The van der Waals surface area contributed by atoms with Gasteiger partial charge in [-0.1, -0.05) is 18.2 Å². The highest BCUT2D eigenvalue weighted by Crippen LogP contribution is 2.29. The molecule has 3 rings (SSSR count). The standard InChI is InChI=1S/C15H16N2O4/c1-9-12(10-4-2-3-5-11(10)21-9)13(18)17-7-6-15(20,8-17)14(16)19/h2-5,20H,6-8H2,1H3,(H2,16,19). The van der Waals surface area contributed by atoms with Crippen LogP contribution in [0.25, 0.3) is 11.0 Å². The van der Waals surface area contributed by atoms with Gasteiger partial charge in [0, 0.05) is 18.4 Å². The number of benzene rings is 1. The van der Waals surface area contributed by atoms with Crippen molar-refractivity contribution < 1.29 is 19.1 Å². The van der Waals surface area contributed by atoms with Gasteiger partial charge in [0.1, 0.15) is 11.3 Å². The second kappa shape index (κ2) is 4.60. The molecule has 1 aromatic carbocycles. The fraction of sp³-hybridized carbons (Fsp3) is 0.333. The summed E-state index contributed by atoms with van der Waals surface area (Å²) in [6, 6.07) is 7.28. The van der Waals surface area contributed by atoms with Crippen LogP contribution in [-0.2, 0) is 4.79 Å². The number of β-amino-alcohol motifs (C(OH)–C–C–N with tert-alkyl or cyclic N) is 1. The van der Waals surface area contributed by atoms with Gasteiger partial charge in [-0.15, -0.1) is 0 Å². The molecule has 2 heterocycles. The van der Waals surface area contributed by atoms with E-state index in [2.05, 4.69) is 0 Å². The Bertz CT molecular complexity index is 736. The monoisotopic (exact) mass is 288 g/mol. The Labute approximate surface area is 121 Å².